The minimum atomic E-state index is -0.667. The van der Waals surface area contributed by atoms with Crippen LogP contribution >= 0.6 is 11.8 Å². The first kappa shape index (κ1) is 14.6. The van der Waals surface area contributed by atoms with E-state index in [0.717, 1.165) is 25.7 Å². The fourth-order valence-corrected chi connectivity index (χ4v) is 3.96. The normalized spacial score (nSPS) is 21.2. The quantitative estimate of drug-likeness (QED) is 0.589. The number of aromatic amines is 1. The third kappa shape index (κ3) is 2.87. The van der Waals surface area contributed by atoms with Crippen LogP contribution in [0.4, 0.5) is 0 Å². The van der Waals surface area contributed by atoms with Crippen molar-refractivity contribution in [1.29, 1.82) is 0 Å². The topological polar surface area (TPSA) is 106 Å². The van der Waals surface area contributed by atoms with Crippen molar-refractivity contribution in [2.24, 2.45) is 11.7 Å². The predicted molar refractivity (Wildman–Crippen MR) is 80.1 cm³/mol. The zero-order valence-electron chi connectivity index (χ0n) is 12.1. The molecule has 4 N–H and O–H groups in total. The lowest BCUT2D eigenvalue weighted by molar-refractivity contribution is -0.124. The molecule has 1 unspecified atom stereocenters. The van der Waals surface area contributed by atoms with Crippen LogP contribution in [-0.2, 0) is 11.3 Å². The molecule has 3 rings (SSSR count). The number of amides is 1. The van der Waals surface area contributed by atoms with Gasteiger partial charge in [0, 0.05) is 18.3 Å². The van der Waals surface area contributed by atoms with E-state index in [1.54, 1.807) is 4.57 Å². The van der Waals surface area contributed by atoms with Crippen LogP contribution in [0, 0.1) is 5.92 Å². The van der Waals surface area contributed by atoms with Gasteiger partial charge >= 0.3 is 5.69 Å². The summed E-state index contributed by atoms with van der Waals surface area (Å²) in [5, 5.41) is 10.6. The maximum atomic E-state index is 12.1. The smallest absolute Gasteiger partial charge is 0.343 e. The highest BCUT2D eigenvalue weighted by Crippen LogP contribution is 2.43. The lowest BCUT2D eigenvalue weighted by Gasteiger charge is -2.31. The number of hydrogen-bond acceptors (Lipinski definition) is 5. The molecule has 116 valence electrons. The minimum absolute atomic E-state index is 0.216. The van der Waals surface area contributed by atoms with Crippen LogP contribution in [-0.4, -0.2) is 38.0 Å². The fraction of sp³-hybridized carbons (Fsp3) is 0.769. The van der Waals surface area contributed by atoms with Crippen LogP contribution in [0.5, 0.6) is 0 Å². The van der Waals surface area contributed by atoms with Gasteiger partial charge in [0.05, 0.1) is 0 Å². The van der Waals surface area contributed by atoms with Crippen molar-refractivity contribution in [3.8, 4) is 0 Å². The molecule has 1 amide bonds. The second-order valence-electron chi connectivity index (χ2n) is 5.87. The number of nitrogens with zero attached hydrogens (tertiary/aromatic N) is 2. The zero-order chi connectivity index (χ0) is 15.0. The van der Waals surface area contributed by atoms with Gasteiger partial charge in [-0.3, -0.25) is 14.7 Å². The van der Waals surface area contributed by atoms with E-state index in [1.807, 2.05) is 6.92 Å². The molecule has 2 aliphatic rings. The molecule has 0 spiro atoms. The number of carbonyl (C=O) groups excluding carboxylic acids is 1. The second-order valence-corrected chi connectivity index (χ2v) is 6.82. The maximum Gasteiger partial charge on any atom is 0.343 e. The second kappa shape index (κ2) is 5.49. The van der Waals surface area contributed by atoms with E-state index in [2.05, 4.69) is 15.5 Å². The molecule has 2 saturated carbocycles. The van der Waals surface area contributed by atoms with Crippen LogP contribution < -0.4 is 16.7 Å². The number of carbonyl (C=O) groups is 1. The van der Waals surface area contributed by atoms with Gasteiger partial charge in [-0.15, -0.1) is 5.10 Å². The zero-order valence-corrected chi connectivity index (χ0v) is 12.9. The number of thioether (sulfide) groups is 1. The van der Waals surface area contributed by atoms with Crippen molar-refractivity contribution >= 4 is 17.7 Å². The summed E-state index contributed by atoms with van der Waals surface area (Å²) in [5.41, 5.74) is 4.83. The first-order valence-electron chi connectivity index (χ1n) is 7.42. The van der Waals surface area contributed by atoms with Gasteiger partial charge in [0.25, 0.3) is 0 Å². The molecule has 2 aliphatic carbocycles. The van der Waals surface area contributed by atoms with E-state index < -0.39 is 5.54 Å². The molecule has 8 heteroatoms. The van der Waals surface area contributed by atoms with Gasteiger partial charge in [-0.1, -0.05) is 11.8 Å². The van der Waals surface area contributed by atoms with E-state index in [4.69, 9.17) is 5.73 Å². The Balaban J connectivity index is 1.77. The molecule has 1 aromatic rings. The Hall–Kier alpha value is -1.28. The summed E-state index contributed by atoms with van der Waals surface area (Å²) in [4.78, 5) is 23.7. The number of rotatable bonds is 8. The maximum absolute atomic E-state index is 12.1. The Morgan fingerprint density at radius 1 is 1.52 bits per heavy atom. The number of nitrogens with two attached hydrogens (primary N) is 1. The molecule has 0 radical (unpaired) electrons. The molecule has 1 heterocycles. The van der Waals surface area contributed by atoms with Gasteiger partial charge in [0.15, 0.2) is 5.16 Å². The van der Waals surface area contributed by atoms with E-state index in [9.17, 15) is 9.59 Å². The van der Waals surface area contributed by atoms with Crippen molar-refractivity contribution in [3.63, 3.8) is 0 Å². The fourth-order valence-electron chi connectivity index (χ4n) is 2.66. The molecule has 0 saturated heterocycles. The molecule has 2 fully saturated rings. The Bertz CT molecular complexity index is 590. The van der Waals surface area contributed by atoms with Crippen LogP contribution in [0.1, 0.15) is 32.6 Å². The number of primary amides is 1. The van der Waals surface area contributed by atoms with Crippen LogP contribution in [0.3, 0.4) is 0 Å². The summed E-state index contributed by atoms with van der Waals surface area (Å²) in [7, 11) is 0. The summed E-state index contributed by atoms with van der Waals surface area (Å²) in [6.07, 6.45) is 4.28. The van der Waals surface area contributed by atoms with Crippen molar-refractivity contribution < 1.29 is 4.79 Å². The standard InChI is InChI=1S/C13H21N5O2S/c1-2-18-11(20)16-17-12(18)21-7-13(10(14)19,8-3-4-8)15-9-5-6-9/h8-9,15H,2-7H2,1H3,(H2,14,19)(H,16,20). The van der Waals surface area contributed by atoms with Crippen molar-refractivity contribution in [2.75, 3.05) is 5.75 Å². The van der Waals surface area contributed by atoms with E-state index in [1.165, 1.54) is 11.8 Å². The highest BCUT2D eigenvalue weighted by Gasteiger charge is 2.52. The van der Waals surface area contributed by atoms with E-state index >= 15 is 0 Å². The molecular formula is C13H21N5O2S. The molecule has 0 bridgehead atoms. The predicted octanol–water partition coefficient (Wildman–Crippen LogP) is 0.0695. The van der Waals surface area contributed by atoms with E-state index in [-0.39, 0.29) is 11.6 Å². The number of hydrogen-bond donors (Lipinski definition) is 3. The number of aromatic nitrogens is 3. The van der Waals surface area contributed by atoms with Gasteiger partial charge < -0.3 is 5.73 Å². The van der Waals surface area contributed by atoms with Gasteiger partial charge in [-0.05, 0) is 38.5 Å². The first-order valence-corrected chi connectivity index (χ1v) is 8.41. The van der Waals surface area contributed by atoms with Crippen molar-refractivity contribution in [1.82, 2.24) is 20.1 Å². The summed E-state index contributed by atoms with van der Waals surface area (Å²) < 4.78 is 1.57. The highest BCUT2D eigenvalue weighted by molar-refractivity contribution is 7.99. The van der Waals surface area contributed by atoms with Gasteiger partial charge in [0.2, 0.25) is 5.91 Å². The summed E-state index contributed by atoms with van der Waals surface area (Å²) in [6.45, 7) is 2.45. The largest absolute Gasteiger partial charge is 0.368 e. The van der Waals surface area contributed by atoms with Crippen LogP contribution in [0.2, 0.25) is 0 Å². The van der Waals surface area contributed by atoms with Gasteiger partial charge in [-0.2, -0.15) is 0 Å². The lowest BCUT2D eigenvalue weighted by Crippen LogP contribution is -2.60. The van der Waals surface area contributed by atoms with Gasteiger partial charge in [0.1, 0.15) is 5.54 Å². The monoisotopic (exact) mass is 311 g/mol. The molecule has 1 aromatic heterocycles. The number of nitrogens with one attached hydrogen (secondary N) is 2. The molecule has 21 heavy (non-hydrogen) atoms. The Morgan fingerprint density at radius 2 is 2.24 bits per heavy atom. The Labute approximate surface area is 127 Å². The third-order valence-corrected chi connectivity index (χ3v) is 5.39. The Morgan fingerprint density at radius 3 is 2.76 bits per heavy atom. The van der Waals surface area contributed by atoms with Crippen molar-refractivity contribution in [3.05, 3.63) is 10.5 Å². The number of H-pyrrole nitrogens is 1. The Kier molecular flexibility index (Phi) is 3.83. The SMILES string of the molecule is CCn1c(SCC(NC2CC2)(C(N)=O)C2CC2)n[nH]c1=O. The summed E-state index contributed by atoms with van der Waals surface area (Å²) >= 11 is 1.42. The average molecular weight is 311 g/mol. The summed E-state index contributed by atoms with van der Waals surface area (Å²) in [5.74, 6) is 0.544. The minimum Gasteiger partial charge on any atom is -0.368 e. The van der Waals surface area contributed by atoms with Crippen LogP contribution in [0.15, 0.2) is 9.95 Å². The van der Waals surface area contributed by atoms with E-state index in [0.29, 0.717) is 29.4 Å². The third-order valence-electron chi connectivity index (χ3n) is 4.22. The molecule has 1 atom stereocenters. The van der Waals surface area contributed by atoms with Crippen molar-refractivity contribution in [2.45, 2.75) is 55.9 Å². The van der Waals surface area contributed by atoms with Crippen LogP contribution in [0.25, 0.3) is 0 Å². The lowest BCUT2D eigenvalue weighted by atomic mass is 9.94. The highest BCUT2D eigenvalue weighted by atomic mass is 32.2. The molecular weight excluding hydrogens is 290 g/mol. The molecule has 7 nitrogen and oxygen atoms in total. The molecule has 0 aromatic carbocycles. The average Bonchev–Trinajstić information content (AvgIpc) is 3.33. The van der Waals surface area contributed by atoms with Gasteiger partial charge in [-0.25, -0.2) is 9.89 Å². The first-order chi connectivity index (χ1) is 10.1. The summed E-state index contributed by atoms with van der Waals surface area (Å²) in [6, 6.07) is 0.409. The molecule has 0 aliphatic heterocycles.